The van der Waals surface area contributed by atoms with Crippen LogP contribution < -0.4 is 9.47 Å². The predicted octanol–water partition coefficient (Wildman–Crippen LogP) is 2.95. The summed E-state index contributed by atoms with van der Waals surface area (Å²) in [7, 11) is 3.01. The molecule has 0 unspecified atom stereocenters. The number of nitrogens with zero attached hydrogens (tertiary/aromatic N) is 2. The first kappa shape index (κ1) is 17.1. The molecule has 1 atom stereocenters. The van der Waals surface area contributed by atoms with E-state index in [1.54, 1.807) is 11.0 Å². The SMILES string of the molecule is COc1cc2c3c(c(OC)nc2c(Cl)c1Cl)CN(C(=O)CO)[C@H]3C. The summed E-state index contributed by atoms with van der Waals surface area (Å²) in [6, 6.07) is 1.50. The summed E-state index contributed by atoms with van der Waals surface area (Å²) in [4.78, 5) is 18.0. The van der Waals surface area contributed by atoms with Crippen molar-refractivity contribution in [2.24, 2.45) is 0 Å². The minimum Gasteiger partial charge on any atom is -0.495 e. The van der Waals surface area contributed by atoms with Crippen molar-refractivity contribution < 1.29 is 19.4 Å². The molecule has 0 bridgehead atoms. The molecule has 0 fully saturated rings. The van der Waals surface area contributed by atoms with E-state index in [0.717, 1.165) is 16.5 Å². The predicted molar refractivity (Wildman–Crippen MR) is 90.9 cm³/mol. The Morgan fingerprint density at radius 2 is 2.08 bits per heavy atom. The highest BCUT2D eigenvalue weighted by Gasteiger charge is 2.35. The highest BCUT2D eigenvalue weighted by molar-refractivity contribution is 6.46. The third-order valence-electron chi connectivity index (χ3n) is 4.32. The van der Waals surface area contributed by atoms with Gasteiger partial charge in [-0.2, -0.15) is 0 Å². The van der Waals surface area contributed by atoms with Gasteiger partial charge in [-0.15, -0.1) is 0 Å². The van der Waals surface area contributed by atoms with E-state index in [-0.39, 0.29) is 22.0 Å². The maximum Gasteiger partial charge on any atom is 0.249 e. The van der Waals surface area contributed by atoms with Crippen molar-refractivity contribution in [3.63, 3.8) is 0 Å². The minimum atomic E-state index is -0.554. The van der Waals surface area contributed by atoms with E-state index >= 15 is 0 Å². The minimum absolute atomic E-state index is 0.263. The first-order chi connectivity index (χ1) is 11.4. The molecule has 1 aromatic carbocycles. The van der Waals surface area contributed by atoms with E-state index in [0.29, 0.717) is 23.7 Å². The van der Waals surface area contributed by atoms with Crippen LogP contribution in [0.25, 0.3) is 10.9 Å². The van der Waals surface area contributed by atoms with E-state index in [2.05, 4.69) is 4.98 Å². The van der Waals surface area contributed by atoms with Gasteiger partial charge in [0.25, 0.3) is 0 Å². The number of benzene rings is 1. The molecule has 0 radical (unpaired) electrons. The normalized spacial score (nSPS) is 16.4. The molecular weight excluding hydrogens is 355 g/mol. The van der Waals surface area contributed by atoms with Gasteiger partial charge in [0.1, 0.15) is 17.4 Å². The van der Waals surface area contributed by atoms with E-state index in [9.17, 15) is 9.90 Å². The Morgan fingerprint density at radius 3 is 2.67 bits per heavy atom. The highest BCUT2D eigenvalue weighted by Crippen LogP contribution is 2.46. The lowest BCUT2D eigenvalue weighted by molar-refractivity contribution is -0.136. The van der Waals surface area contributed by atoms with Crippen LogP contribution in [0.3, 0.4) is 0 Å². The lowest BCUT2D eigenvalue weighted by atomic mass is 10.0. The van der Waals surface area contributed by atoms with Crippen molar-refractivity contribution in [1.82, 2.24) is 9.88 Å². The average molecular weight is 371 g/mol. The lowest BCUT2D eigenvalue weighted by Crippen LogP contribution is -2.30. The quantitative estimate of drug-likeness (QED) is 0.898. The van der Waals surface area contributed by atoms with Gasteiger partial charge in [0.05, 0.1) is 37.3 Å². The number of pyridine rings is 1. The summed E-state index contributed by atoms with van der Waals surface area (Å²) < 4.78 is 10.7. The maximum absolute atomic E-state index is 12.0. The molecular formula is C16H16Cl2N2O4. The molecule has 0 saturated carbocycles. The molecule has 24 heavy (non-hydrogen) atoms. The van der Waals surface area contributed by atoms with Gasteiger partial charge in [0.15, 0.2) is 0 Å². The van der Waals surface area contributed by atoms with Gasteiger partial charge >= 0.3 is 0 Å². The molecule has 1 aliphatic rings. The van der Waals surface area contributed by atoms with Crippen LogP contribution in [0.2, 0.25) is 10.0 Å². The van der Waals surface area contributed by atoms with Crippen LogP contribution in [0, 0.1) is 0 Å². The van der Waals surface area contributed by atoms with Crippen LogP contribution in [0.1, 0.15) is 24.1 Å². The zero-order valence-corrected chi connectivity index (χ0v) is 14.9. The van der Waals surface area contributed by atoms with E-state index in [4.69, 9.17) is 32.7 Å². The number of rotatable bonds is 3. The van der Waals surface area contributed by atoms with Crippen molar-refractivity contribution in [2.75, 3.05) is 20.8 Å². The van der Waals surface area contributed by atoms with Crippen molar-refractivity contribution in [3.05, 3.63) is 27.2 Å². The van der Waals surface area contributed by atoms with Crippen molar-refractivity contribution >= 4 is 40.0 Å². The molecule has 1 amide bonds. The Bertz CT molecular complexity index is 841. The first-order valence-electron chi connectivity index (χ1n) is 7.27. The molecule has 8 heteroatoms. The molecule has 0 saturated heterocycles. The maximum atomic E-state index is 12.0. The van der Waals surface area contributed by atoms with Crippen LogP contribution in [0.5, 0.6) is 11.6 Å². The van der Waals surface area contributed by atoms with Crippen LogP contribution in [-0.2, 0) is 11.3 Å². The van der Waals surface area contributed by atoms with Crippen LogP contribution in [0.4, 0.5) is 0 Å². The van der Waals surface area contributed by atoms with Gasteiger partial charge < -0.3 is 19.5 Å². The summed E-state index contributed by atoms with van der Waals surface area (Å²) >= 11 is 12.6. The van der Waals surface area contributed by atoms with Crippen molar-refractivity contribution in [2.45, 2.75) is 19.5 Å². The number of carbonyl (C=O) groups excluding carboxylic acids is 1. The number of methoxy groups -OCH3 is 2. The van der Waals surface area contributed by atoms with Crippen LogP contribution in [0.15, 0.2) is 6.07 Å². The summed E-state index contributed by atoms with van der Waals surface area (Å²) in [5.74, 6) is 0.462. The zero-order valence-electron chi connectivity index (χ0n) is 13.4. The van der Waals surface area contributed by atoms with Gasteiger partial charge in [0, 0.05) is 10.9 Å². The zero-order chi connectivity index (χ0) is 17.6. The summed E-state index contributed by atoms with van der Waals surface area (Å²) in [6.07, 6.45) is 0. The van der Waals surface area contributed by atoms with E-state index in [1.165, 1.54) is 14.2 Å². The van der Waals surface area contributed by atoms with E-state index in [1.807, 2.05) is 6.92 Å². The summed E-state index contributed by atoms with van der Waals surface area (Å²) in [6.45, 7) is 1.64. The largest absolute Gasteiger partial charge is 0.495 e. The number of fused-ring (bicyclic) bond motifs is 3. The van der Waals surface area contributed by atoms with Crippen LogP contribution >= 0.6 is 23.2 Å². The second-order valence-corrected chi connectivity index (χ2v) is 6.23. The fraction of sp³-hybridized carbons (Fsp3) is 0.375. The summed E-state index contributed by atoms with van der Waals surface area (Å²) in [5, 5.41) is 10.5. The number of halogens is 2. The molecule has 128 valence electrons. The number of aliphatic hydroxyl groups is 1. The third-order valence-corrected chi connectivity index (χ3v) is 5.16. The Morgan fingerprint density at radius 1 is 1.38 bits per heavy atom. The van der Waals surface area contributed by atoms with Crippen molar-refractivity contribution in [3.8, 4) is 11.6 Å². The van der Waals surface area contributed by atoms with Gasteiger partial charge in [-0.25, -0.2) is 4.98 Å². The molecule has 2 aromatic rings. The Hall–Kier alpha value is -1.76. The highest BCUT2D eigenvalue weighted by atomic mass is 35.5. The first-order valence-corrected chi connectivity index (χ1v) is 8.02. The Kier molecular flexibility index (Phi) is 4.46. The lowest BCUT2D eigenvalue weighted by Gasteiger charge is -2.21. The van der Waals surface area contributed by atoms with Crippen molar-refractivity contribution in [1.29, 1.82) is 0 Å². The molecule has 3 rings (SSSR count). The topological polar surface area (TPSA) is 71.9 Å². The monoisotopic (exact) mass is 370 g/mol. The second-order valence-electron chi connectivity index (χ2n) is 5.47. The van der Waals surface area contributed by atoms with Crippen LogP contribution in [-0.4, -0.2) is 41.7 Å². The second kappa shape index (κ2) is 6.27. The van der Waals surface area contributed by atoms with Gasteiger partial charge in [-0.1, -0.05) is 23.2 Å². The molecule has 0 spiro atoms. The number of amides is 1. The van der Waals surface area contributed by atoms with E-state index < -0.39 is 6.61 Å². The molecule has 6 nitrogen and oxygen atoms in total. The number of hydrogen-bond acceptors (Lipinski definition) is 5. The number of aromatic nitrogens is 1. The Balaban J connectivity index is 2.34. The standard InChI is InChI=1S/C16H16Cl2N2O4/c1-7-12-8-4-10(23-2)13(17)14(18)15(8)19-16(24-3)9(12)5-20(7)11(22)6-21/h4,7,21H,5-6H2,1-3H3/t7-/m0/s1. The third kappa shape index (κ3) is 2.37. The van der Waals surface area contributed by atoms with Gasteiger partial charge in [-0.05, 0) is 18.6 Å². The van der Waals surface area contributed by atoms with Gasteiger partial charge in [-0.3, -0.25) is 4.79 Å². The summed E-state index contributed by atoms with van der Waals surface area (Å²) in [5.41, 5.74) is 2.15. The average Bonchev–Trinajstić information content (AvgIpc) is 2.94. The molecule has 1 aliphatic heterocycles. The Labute approximate surface area is 148 Å². The molecule has 2 heterocycles. The molecule has 0 aliphatic carbocycles. The molecule has 1 aromatic heterocycles. The fourth-order valence-corrected chi connectivity index (χ4v) is 3.62. The smallest absolute Gasteiger partial charge is 0.249 e. The number of hydrogen-bond donors (Lipinski definition) is 1. The number of ether oxygens (including phenoxy) is 2. The number of aliphatic hydroxyl groups excluding tert-OH is 1. The number of carbonyl (C=O) groups is 1. The fourth-order valence-electron chi connectivity index (χ4n) is 3.16. The molecule has 1 N–H and O–H groups in total. The van der Waals surface area contributed by atoms with Gasteiger partial charge in [0.2, 0.25) is 11.8 Å².